The van der Waals surface area contributed by atoms with Crippen LogP contribution in [0, 0.1) is 4.84 Å². The summed E-state index contributed by atoms with van der Waals surface area (Å²) in [6.07, 6.45) is 6.03. The predicted molar refractivity (Wildman–Crippen MR) is 101 cm³/mol. The Labute approximate surface area is 159 Å². The molecule has 1 aliphatic rings. The van der Waals surface area contributed by atoms with Gasteiger partial charge in [0, 0.05) is 35.0 Å². The summed E-state index contributed by atoms with van der Waals surface area (Å²) in [6, 6.07) is 12.3. The summed E-state index contributed by atoms with van der Waals surface area (Å²) in [4.78, 5) is 7.02. The number of rotatable bonds is 4. The molecular weight excluding hydrogens is 400 g/mol. The van der Waals surface area contributed by atoms with E-state index in [-0.39, 0.29) is 0 Å². The van der Waals surface area contributed by atoms with Crippen LogP contribution in [0.25, 0.3) is 11.5 Å². The first-order valence-corrected chi connectivity index (χ1v) is 9.39. The molecule has 0 spiro atoms. The number of pyridine rings is 1. The van der Waals surface area contributed by atoms with Gasteiger partial charge in [-0.25, -0.2) is 4.68 Å². The fourth-order valence-electron chi connectivity index (χ4n) is 3.22. The lowest BCUT2D eigenvalue weighted by Crippen LogP contribution is -2.26. The normalized spacial score (nSPS) is 17.9. The van der Waals surface area contributed by atoms with E-state index in [4.69, 9.17) is 16.6 Å². The maximum Gasteiger partial charge on any atom is 0.288 e. The van der Waals surface area contributed by atoms with Crippen LogP contribution in [0.5, 0.6) is 0 Å². The minimum absolute atomic E-state index is 0.350. The van der Waals surface area contributed by atoms with Gasteiger partial charge >= 0.3 is 0 Å². The van der Waals surface area contributed by atoms with Crippen LogP contribution < -0.4 is 0 Å². The van der Waals surface area contributed by atoms with Crippen molar-refractivity contribution in [2.24, 2.45) is 0 Å². The van der Waals surface area contributed by atoms with Crippen molar-refractivity contribution in [2.45, 2.75) is 25.6 Å². The minimum Gasteiger partial charge on any atom is -0.409 e. The maximum absolute atomic E-state index is 5.70. The maximum atomic E-state index is 5.70. The Balaban J connectivity index is 1.56. The van der Waals surface area contributed by atoms with Crippen molar-refractivity contribution in [2.75, 3.05) is 6.54 Å². The Kier molecular flexibility index (Phi) is 4.78. The van der Waals surface area contributed by atoms with Crippen LogP contribution in [-0.2, 0) is 6.67 Å². The lowest BCUT2D eigenvalue weighted by atomic mass is 10.1. The zero-order valence-corrected chi connectivity index (χ0v) is 15.9. The summed E-state index contributed by atoms with van der Waals surface area (Å²) < 4.78 is 8.49. The summed E-state index contributed by atoms with van der Waals surface area (Å²) in [5, 5.41) is 4.57. The van der Waals surface area contributed by atoms with Gasteiger partial charge < -0.3 is 4.42 Å². The first kappa shape index (κ1) is 16.6. The summed E-state index contributed by atoms with van der Waals surface area (Å²) in [7, 11) is 0. The average Bonchev–Trinajstić information content (AvgIpc) is 3.24. The molecule has 7 heteroatoms. The molecule has 0 saturated carbocycles. The molecule has 1 aromatic carbocycles. The van der Waals surface area contributed by atoms with Gasteiger partial charge in [0.25, 0.3) is 4.84 Å². The van der Waals surface area contributed by atoms with Gasteiger partial charge in [-0.1, -0.05) is 22.0 Å². The van der Waals surface area contributed by atoms with E-state index in [9.17, 15) is 0 Å². The molecule has 1 unspecified atom stereocenters. The summed E-state index contributed by atoms with van der Waals surface area (Å²) in [5.41, 5.74) is 2.15. The zero-order valence-electron chi connectivity index (χ0n) is 13.5. The summed E-state index contributed by atoms with van der Waals surface area (Å²) in [6.45, 7) is 1.64. The van der Waals surface area contributed by atoms with Crippen molar-refractivity contribution in [1.29, 1.82) is 0 Å². The highest BCUT2D eigenvalue weighted by Gasteiger charge is 2.27. The Morgan fingerprint density at radius 1 is 1.24 bits per heavy atom. The molecule has 0 aliphatic carbocycles. The highest BCUT2D eigenvalue weighted by atomic mass is 79.9. The second-order valence-electron chi connectivity index (χ2n) is 6.08. The molecule has 1 aliphatic heterocycles. The molecule has 5 nitrogen and oxygen atoms in total. The Bertz CT molecular complexity index is 907. The van der Waals surface area contributed by atoms with E-state index in [2.05, 4.69) is 37.0 Å². The van der Waals surface area contributed by atoms with Gasteiger partial charge in [0.1, 0.15) is 0 Å². The molecule has 4 rings (SSSR count). The van der Waals surface area contributed by atoms with E-state index in [0.717, 1.165) is 29.4 Å². The predicted octanol–water partition coefficient (Wildman–Crippen LogP) is 4.82. The molecule has 25 heavy (non-hydrogen) atoms. The van der Waals surface area contributed by atoms with Crippen LogP contribution >= 0.6 is 28.1 Å². The SMILES string of the molecule is S=c1oc(-c2ccc(Br)cc2)nn1CN1CCCC1c1cccnc1. The highest BCUT2D eigenvalue weighted by molar-refractivity contribution is 9.10. The van der Waals surface area contributed by atoms with Crippen molar-refractivity contribution in [1.82, 2.24) is 19.7 Å². The molecule has 1 saturated heterocycles. The van der Waals surface area contributed by atoms with Crippen molar-refractivity contribution in [3.8, 4) is 11.5 Å². The largest absolute Gasteiger partial charge is 0.409 e. The van der Waals surface area contributed by atoms with E-state index in [1.165, 1.54) is 5.56 Å². The molecule has 0 amide bonds. The topological polar surface area (TPSA) is 47.1 Å². The first-order chi connectivity index (χ1) is 12.2. The van der Waals surface area contributed by atoms with Gasteiger partial charge in [-0.2, -0.15) is 0 Å². The fourth-order valence-corrected chi connectivity index (χ4v) is 3.66. The Morgan fingerprint density at radius 3 is 2.84 bits per heavy atom. The van der Waals surface area contributed by atoms with E-state index >= 15 is 0 Å². The smallest absolute Gasteiger partial charge is 0.288 e. The molecule has 1 fully saturated rings. The van der Waals surface area contributed by atoms with Gasteiger partial charge in [0.2, 0.25) is 5.89 Å². The van der Waals surface area contributed by atoms with Gasteiger partial charge in [0.15, 0.2) is 0 Å². The average molecular weight is 417 g/mol. The number of nitrogens with zero attached hydrogens (tertiary/aromatic N) is 4. The number of hydrogen-bond donors (Lipinski definition) is 0. The van der Waals surface area contributed by atoms with Crippen molar-refractivity contribution < 1.29 is 4.42 Å². The monoisotopic (exact) mass is 416 g/mol. The molecule has 0 radical (unpaired) electrons. The summed E-state index contributed by atoms with van der Waals surface area (Å²) in [5.74, 6) is 0.551. The van der Waals surface area contributed by atoms with Gasteiger partial charge in [0.05, 0.1) is 6.67 Å². The third kappa shape index (κ3) is 3.58. The number of aromatic nitrogens is 3. The van der Waals surface area contributed by atoms with E-state index in [1.807, 2.05) is 36.5 Å². The van der Waals surface area contributed by atoms with Crippen LogP contribution in [0.4, 0.5) is 0 Å². The van der Waals surface area contributed by atoms with Crippen LogP contribution in [0.15, 0.2) is 57.7 Å². The third-order valence-corrected chi connectivity index (χ3v) is 5.27. The second kappa shape index (κ2) is 7.19. The first-order valence-electron chi connectivity index (χ1n) is 8.18. The Morgan fingerprint density at radius 2 is 2.08 bits per heavy atom. The molecule has 0 N–H and O–H groups in total. The molecule has 0 bridgehead atoms. The van der Waals surface area contributed by atoms with Crippen molar-refractivity contribution >= 4 is 28.1 Å². The fraction of sp³-hybridized carbons (Fsp3) is 0.278. The standard InChI is InChI=1S/C18H17BrN4OS/c19-15-7-5-13(6-8-15)17-21-23(18(25)24-17)12-22-10-2-4-16(22)14-3-1-9-20-11-14/h1,3,5-9,11,16H,2,4,10,12H2. The van der Waals surface area contributed by atoms with Crippen LogP contribution in [-0.4, -0.2) is 26.2 Å². The van der Waals surface area contributed by atoms with Crippen LogP contribution in [0.2, 0.25) is 0 Å². The highest BCUT2D eigenvalue weighted by Crippen LogP contribution is 2.32. The minimum atomic E-state index is 0.350. The molecule has 1 atom stereocenters. The van der Waals surface area contributed by atoms with Crippen molar-refractivity contribution in [3.05, 3.63) is 63.7 Å². The van der Waals surface area contributed by atoms with Crippen LogP contribution in [0.1, 0.15) is 24.4 Å². The molecule has 3 aromatic rings. The Hall–Kier alpha value is -1.83. The van der Waals surface area contributed by atoms with E-state index in [0.29, 0.717) is 23.4 Å². The molecule has 3 heterocycles. The zero-order chi connectivity index (χ0) is 17.2. The summed E-state index contributed by atoms with van der Waals surface area (Å²) >= 11 is 8.81. The molecule has 128 valence electrons. The van der Waals surface area contributed by atoms with Gasteiger partial charge in [-0.05, 0) is 61.0 Å². The number of benzene rings is 1. The van der Waals surface area contributed by atoms with E-state index < -0.39 is 0 Å². The van der Waals surface area contributed by atoms with E-state index in [1.54, 1.807) is 10.9 Å². The van der Waals surface area contributed by atoms with Crippen LogP contribution in [0.3, 0.4) is 0 Å². The molecular formula is C18H17BrN4OS. The van der Waals surface area contributed by atoms with Gasteiger partial charge in [-0.15, -0.1) is 5.10 Å². The lowest BCUT2D eigenvalue weighted by molar-refractivity contribution is 0.187. The van der Waals surface area contributed by atoms with Crippen molar-refractivity contribution in [3.63, 3.8) is 0 Å². The second-order valence-corrected chi connectivity index (χ2v) is 7.34. The quantitative estimate of drug-likeness (QED) is 0.570. The molecule has 2 aromatic heterocycles. The lowest BCUT2D eigenvalue weighted by Gasteiger charge is -2.23. The van der Waals surface area contributed by atoms with Gasteiger partial charge in [-0.3, -0.25) is 9.88 Å². The third-order valence-electron chi connectivity index (χ3n) is 4.45. The number of halogens is 1. The number of likely N-dealkylation sites (tertiary alicyclic amines) is 1. The number of hydrogen-bond acceptors (Lipinski definition) is 5.